The van der Waals surface area contributed by atoms with Gasteiger partial charge in [0.25, 0.3) is 11.8 Å². The van der Waals surface area contributed by atoms with Crippen molar-refractivity contribution in [3.8, 4) is 0 Å². The van der Waals surface area contributed by atoms with Crippen molar-refractivity contribution in [3.05, 3.63) is 65.7 Å². The molecular weight excluding hydrogens is 432 g/mol. The molecule has 9 nitrogen and oxygen atoms in total. The molecule has 1 unspecified atom stereocenters. The maximum absolute atomic E-state index is 13.0. The third-order valence-corrected chi connectivity index (χ3v) is 7.02. The molecule has 1 aliphatic rings. The number of hydrogen-bond donors (Lipinski definition) is 2. The lowest BCUT2D eigenvalue weighted by molar-refractivity contribution is -0.143. The van der Waals surface area contributed by atoms with Gasteiger partial charge in [0.15, 0.2) is 0 Å². The topological polar surface area (TPSA) is 116 Å². The Morgan fingerprint density at radius 2 is 1.72 bits per heavy atom. The van der Waals surface area contributed by atoms with Crippen LogP contribution in [0.4, 0.5) is 0 Å². The Labute approximate surface area is 187 Å². The van der Waals surface area contributed by atoms with E-state index in [4.69, 9.17) is 0 Å². The summed E-state index contributed by atoms with van der Waals surface area (Å²) >= 11 is 0. The van der Waals surface area contributed by atoms with Crippen LogP contribution in [0.3, 0.4) is 0 Å². The fourth-order valence-electron chi connectivity index (χ4n) is 3.48. The minimum Gasteiger partial charge on any atom is -0.326 e. The van der Waals surface area contributed by atoms with Crippen molar-refractivity contribution in [3.63, 3.8) is 0 Å². The lowest BCUT2D eigenvalue weighted by Gasteiger charge is -2.34. The highest BCUT2D eigenvalue weighted by Crippen LogP contribution is 2.25. The number of carbonyl (C=O) groups excluding carboxylic acids is 3. The molecule has 1 aliphatic heterocycles. The molecule has 0 aromatic heterocycles. The molecule has 0 bridgehead atoms. The molecule has 1 atom stereocenters. The monoisotopic (exact) mass is 458 g/mol. The third kappa shape index (κ3) is 5.14. The van der Waals surface area contributed by atoms with E-state index in [2.05, 4.69) is 10.9 Å². The highest BCUT2D eigenvalue weighted by Gasteiger charge is 2.33. The molecule has 1 fully saturated rings. The van der Waals surface area contributed by atoms with Gasteiger partial charge in [-0.05, 0) is 36.6 Å². The van der Waals surface area contributed by atoms with E-state index in [1.165, 1.54) is 43.3 Å². The van der Waals surface area contributed by atoms with Gasteiger partial charge < -0.3 is 4.90 Å². The summed E-state index contributed by atoms with van der Waals surface area (Å²) < 4.78 is 25.7. The molecule has 1 saturated heterocycles. The molecule has 0 aliphatic carbocycles. The normalized spacial score (nSPS) is 15.3. The molecular formula is C22H26N4O5S. The summed E-state index contributed by atoms with van der Waals surface area (Å²) in [7, 11) is -0.919. The largest absolute Gasteiger partial charge is 0.326 e. The van der Waals surface area contributed by atoms with Crippen LogP contribution in [0.2, 0.25) is 0 Å². The number of amides is 3. The lowest BCUT2D eigenvalue weighted by atomic mass is 10.0. The van der Waals surface area contributed by atoms with Crippen molar-refractivity contribution in [1.82, 2.24) is 20.1 Å². The van der Waals surface area contributed by atoms with Gasteiger partial charge in [-0.25, -0.2) is 12.7 Å². The number of nitrogens with zero attached hydrogens (tertiary/aromatic N) is 2. The summed E-state index contributed by atoms with van der Waals surface area (Å²) in [5, 5.41) is 0. The van der Waals surface area contributed by atoms with Gasteiger partial charge in [0.2, 0.25) is 15.9 Å². The van der Waals surface area contributed by atoms with Crippen molar-refractivity contribution in [1.29, 1.82) is 0 Å². The summed E-state index contributed by atoms with van der Waals surface area (Å²) in [6.45, 7) is 0.449. The Bertz CT molecular complexity index is 1100. The van der Waals surface area contributed by atoms with Crippen LogP contribution < -0.4 is 10.9 Å². The first-order chi connectivity index (χ1) is 15.2. The molecule has 32 heavy (non-hydrogen) atoms. The maximum atomic E-state index is 13.0. The molecule has 10 heteroatoms. The van der Waals surface area contributed by atoms with Gasteiger partial charge in [-0.2, -0.15) is 0 Å². The van der Waals surface area contributed by atoms with Crippen LogP contribution >= 0.6 is 0 Å². The number of rotatable bonds is 6. The van der Waals surface area contributed by atoms with Gasteiger partial charge in [-0.1, -0.05) is 36.4 Å². The van der Waals surface area contributed by atoms with E-state index < -0.39 is 27.9 Å². The average Bonchev–Trinajstić information content (AvgIpc) is 2.79. The van der Waals surface area contributed by atoms with Crippen LogP contribution in [0.25, 0.3) is 0 Å². The molecule has 2 N–H and O–H groups in total. The number of likely N-dealkylation sites (tertiary alicyclic amines) is 1. The first-order valence-electron chi connectivity index (χ1n) is 10.2. The minimum atomic E-state index is -3.71. The number of hydrogen-bond acceptors (Lipinski definition) is 5. The predicted molar refractivity (Wildman–Crippen MR) is 118 cm³/mol. The van der Waals surface area contributed by atoms with E-state index in [0.717, 1.165) is 17.1 Å². The predicted octanol–water partition coefficient (Wildman–Crippen LogP) is 1.45. The van der Waals surface area contributed by atoms with E-state index in [1.54, 1.807) is 24.3 Å². The first kappa shape index (κ1) is 23.4. The second-order valence-electron chi connectivity index (χ2n) is 7.62. The van der Waals surface area contributed by atoms with E-state index in [9.17, 15) is 22.8 Å². The highest BCUT2D eigenvalue weighted by atomic mass is 32.2. The zero-order valence-electron chi connectivity index (χ0n) is 17.9. The number of sulfonamides is 1. The Hall–Kier alpha value is -3.24. The van der Waals surface area contributed by atoms with Gasteiger partial charge in [-0.3, -0.25) is 25.2 Å². The first-order valence-corrected chi connectivity index (χ1v) is 11.6. The summed E-state index contributed by atoms with van der Waals surface area (Å²) in [6.07, 6.45) is 1.94. The number of nitrogens with one attached hydrogen (secondary N) is 2. The van der Waals surface area contributed by atoms with Crippen LogP contribution in [-0.4, -0.2) is 56.0 Å². The Morgan fingerprint density at radius 1 is 1.00 bits per heavy atom. The van der Waals surface area contributed by atoms with Gasteiger partial charge in [-0.15, -0.1) is 0 Å². The van der Waals surface area contributed by atoms with Crippen LogP contribution in [0.5, 0.6) is 0 Å². The van der Waals surface area contributed by atoms with E-state index in [1.807, 2.05) is 6.07 Å². The summed E-state index contributed by atoms with van der Waals surface area (Å²) in [5.74, 6) is -1.35. The number of benzene rings is 2. The lowest BCUT2D eigenvalue weighted by Crippen LogP contribution is -2.50. The molecule has 3 rings (SSSR count). The molecule has 0 spiro atoms. The van der Waals surface area contributed by atoms with E-state index in [-0.39, 0.29) is 16.4 Å². The van der Waals surface area contributed by atoms with E-state index in [0.29, 0.717) is 18.5 Å². The maximum Gasteiger partial charge on any atom is 0.269 e. The molecule has 2 aromatic rings. The van der Waals surface area contributed by atoms with Gasteiger partial charge >= 0.3 is 0 Å². The van der Waals surface area contributed by atoms with Crippen molar-refractivity contribution >= 4 is 27.7 Å². The van der Waals surface area contributed by atoms with Crippen LogP contribution in [0.15, 0.2) is 59.5 Å². The van der Waals surface area contributed by atoms with Gasteiger partial charge in [0.1, 0.15) is 6.04 Å². The zero-order chi connectivity index (χ0) is 23.3. The summed E-state index contributed by atoms with van der Waals surface area (Å²) in [4.78, 5) is 39.5. The molecule has 2 aromatic carbocycles. The third-order valence-electron chi connectivity index (χ3n) is 5.21. The van der Waals surface area contributed by atoms with Crippen LogP contribution in [0, 0.1) is 0 Å². The smallest absolute Gasteiger partial charge is 0.269 e. The van der Waals surface area contributed by atoms with Crippen LogP contribution in [0.1, 0.15) is 41.2 Å². The Morgan fingerprint density at radius 3 is 2.38 bits per heavy atom. The molecule has 0 saturated carbocycles. The minimum absolute atomic E-state index is 0.0393. The molecule has 170 valence electrons. The molecule has 0 radical (unpaired) electrons. The number of carbonyl (C=O) groups is 3. The number of piperidine rings is 1. The van der Waals surface area contributed by atoms with Gasteiger partial charge in [0, 0.05) is 32.6 Å². The quantitative estimate of drug-likeness (QED) is 0.636. The highest BCUT2D eigenvalue weighted by molar-refractivity contribution is 7.89. The van der Waals surface area contributed by atoms with Crippen molar-refractivity contribution < 1.29 is 22.8 Å². The standard InChI is InChI=1S/C22H26N4O5S/c1-25(2)32(30,31)18-12-8-11-17(15-18)21(28)23-24-22(29)20(16-9-4-3-5-10-16)26-14-7-6-13-19(26)27/h3-5,8-12,15,20H,6-7,13-14H2,1-2H3,(H,23,28)(H,24,29). The van der Waals surface area contributed by atoms with Crippen LogP contribution in [-0.2, 0) is 19.6 Å². The second-order valence-corrected chi connectivity index (χ2v) is 9.77. The molecule has 1 heterocycles. The zero-order valence-corrected chi connectivity index (χ0v) is 18.8. The van der Waals surface area contributed by atoms with Crippen molar-refractivity contribution in [2.75, 3.05) is 20.6 Å². The average molecular weight is 459 g/mol. The Kier molecular flexibility index (Phi) is 7.26. The van der Waals surface area contributed by atoms with Gasteiger partial charge in [0.05, 0.1) is 4.90 Å². The summed E-state index contributed by atoms with van der Waals surface area (Å²) in [6, 6.07) is 13.5. The molecule has 3 amide bonds. The van der Waals surface area contributed by atoms with Crippen molar-refractivity contribution in [2.45, 2.75) is 30.2 Å². The number of hydrazine groups is 1. The fraction of sp³-hybridized carbons (Fsp3) is 0.318. The fourth-order valence-corrected chi connectivity index (χ4v) is 4.42. The summed E-state index contributed by atoms with van der Waals surface area (Å²) in [5.41, 5.74) is 5.41. The van der Waals surface area contributed by atoms with E-state index >= 15 is 0 Å². The Balaban J connectivity index is 1.76. The SMILES string of the molecule is CN(C)S(=O)(=O)c1cccc(C(=O)NNC(=O)C(c2ccccc2)N2CCCCC2=O)c1. The van der Waals surface area contributed by atoms with Crippen molar-refractivity contribution in [2.24, 2.45) is 0 Å². The second kappa shape index (κ2) is 9.92.